The number of halogens is 2. The van der Waals surface area contributed by atoms with Crippen LogP contribution in [0.5, 0.6) is 0 Å². The topological polar surface area (TPSA) is 78.8 Å². The van der Waals surface area contributed by atoms with Crippen LogP contribution in [0.15, 0.2) is 52.5 Å². The molecule has 148 valence electrons. The predicted octanol–water partition coefficient (Wildman–Crippen LogP) is 3.93. The van der Waals surface area contributed by atoms with E-state index in [-0.39, 0.29) is 10.5 Å². The lowest BCUT2D eigenvalue weighted by Gasteiger charge is -2.15. The number of hydrogen-bond donors (Lipinski definition) is 1. The molecule has 0 aromatic heterocycles. The van der Waals surface area contributed by atoms with Crippen molar-refractivity contribution in [2.75, 3.05) is 13.1 Å². The van der Waals surface area contributed by atoms with Gasteiger partial charge in [-0.2, -0.15) is 9.41 Å². The molecule has 1 N–H and O–H groups in total. The van der Waals surface area contributed by atoms with Crippen molar-refractivity contribution >= 4 is 44.8 Å². The Morgan fingerprint density at radius 2 is 1.82 bits per heavy atom. The first-order chi connectivity index (χ1) is 13.3. The Kier molecular flexibility index (Phi) is 6.40. The molecule has 1 saturated heterocycles. The standard InChI is InChI=1S/C19H19Cl2N3O3S/c1-13(17-12-15(20)7-8-18(17)21)22-23-19(25)14-5-4-6-16(11-14)28(26,27)24-9-2-3-10-24/h4-8,11-12H,2-3,9-10H2,1H3,(H,23,25)/b22-13+. The molecule has 1 fully saturated rings. The van der Waals surface area contributed by atoms with Crippen LogP contribution < -0.4 is 5.43 Å². The maximum absolute atomic E-state index is 12.7. The first kappa shape index (κ1) is 20.8. The summed E-state index contributed by atoms with van der Waals surface area (Å²) in [7, 11) is -3.59. The van der Waals surface area contributed by atoms with Gasteiger partial charge in [0.05, 0.1) is 10.6 Å². The number of sulfonamides is 1. The highest BCUT2D eigenvalue weighted by atomic mass is 35.5. The molecule has 0 saturated carbocycles. The van der Waals surface area contributed by atoms with E-state index in [2.05, 4.69) is 10.5 Å². The first-order valence-corrected chi connectivity index (χ1v) is 10.9. The summed E-state index contributed by atoms with van der Waals surface area (Å²) in [6, 6.07) is 10.9. The van der Waals surface area contributed by atoms with Crippen LogP contribution in [0.1, 0.15) is 35.7 Å². The molecule has 28 heavy (non-hydrogen) atoms. The highest BCUT2D eigenvalue weighted by Gasteiger charge is 2.27. The van der Waals surface area contributed by atoms with Gasteiger partial charge in [0.2, 0.25) is 10.0 Å². The van der Waals surface area contributed by atoms with Gasteiger partial charge in [0.1, 0.15) is 0 Å². The van der Waals surface area contributed by atoms with Crippen molar-refractivity contribution in [3.63, 3.8) is 0 Å². The van der Waals surface area contributed by atoms with Crippen molar-refractivity contribution in [2.45, 2.75) is 24.7 Å². The lowest BCUT2D eigenvalue weighted by Crippen LogP contribution is -2.28. The SMILES string of the molecule is C/C(=N\NC(=O)c1cccc(S(=O)(=O)N2CCCC2)c1)c1cc(Cl)ccc1Cl. The number of carbonyl (C=O) groups excluding carboxylic acids is 1. The number of hydrogen-bond acceptors (Lipinski definition) is 4. The smallest absolute Gasteiger partial charge is 0.267 e. The summed E-state index contributed by atoms with van der Waals surface area (Å²) in [5.41, 5.74) is 3.70. The van der Waals surface area contributed by atoms with Crippen molar-refractivity contribution in [1.82, 2.24) is 9.73 Å². The van der Waals surface area contributed by atoms with Gasteiger partial charge in [-0.25, -0.2) is 13.8 Å². The van der Waals surface area contributed by atoms with Gasteiger partial charge >= 0.3 is 0 Å². The second kappa shape index (κ2) is 8.61. The van der Waals surface area contributed by atoms with Gasteiger partial charge < -0.3 is 0 Å². The fourth-order valence-electron chi connectivity index (χ4n) is 2.91. The van der Waals surface area contributed by atoms with Crippen LogP contribution in [0.25, 0.3) is 0 Å². The minimum absolute atomic E-state index is 0.0978. The molecule has 2 aromatic carbocycles. The summed E-state index contributed by atoms with van der Waals surface area (Å²) in [5, 5.41) is 5.01. The Labute approximate surface area is 174 Å². The van der Waals surface area contributed by atoms with Crippen molar-refractivity contribution in [2.24, 2.45) is 5.10 Å². The quantitative estimate of drug-likeness (QED) is 0.565. The second-order valence-electron chi connectivity index (χ2n) is 6.40. The third kappa shape index (κ3) is 4.55. The highest BCUT2D eigenvalue weighted by molar-refractivity contribution is 7.89. The molecule has 1 heterocycles. The Hall–Kier alpha value is -1.93. The molecule has 0 unspecified atom stereocenters. The van der Waals surface area contributed by atoms with Crippen LogP contribution in [-0.2, 0) is 10.0 Å². The van der Waals surface area contributed by atoms with Crippen LogP contribution in [-0.4, -0.2) is 37.4 Å². The van der Waals surface area contributed by atoms with Crippen LogP contribution in [0.2, 0.25) is 10.0 Å². The molecule has 9 heteroatoms. The number of hydrazone groups is 1. The number of rotatable bonds is 5. The third-order valence-corrected chi connectivity index (χ3v) is 6.90. The number of amides is 1. The number of nitrogens with zero attached hydrogens (tertiary/aromatic N) is 2. The summed E-state index contributed by atoms with van der Waals surface area (Å²) in [5.74, 6) is -0.518. The molecule has 0 radical (unpaired) electrons. The zero-order valence-electron chi connectivity index (χ0n) is 15.2. The zero-order valence-corrected chi connectivity index (χ0v) is 17.5. The van der Waals surface area contributed by atoms with Gasteiger partial charge in [-0.05, 0) is 56.2 Å². The Morgan fingerprint density at radius 3 is 2.54 bits per heavy atom. The van der Waals surface area contributed by atoms with Crippen molar-refractivity contribution in [1.29, 1.82) is 0 Å². The molecule has 1 amide bonds. The largest absolute Gasteiger partial charge is 0.271 e. The Morgan fingerprint density at radius 1 is 1.11 bits per heavy atom. The van der Waals surface area contributed by atoms with Gasteiger partial charge in [0, 0.05) is 34.3 Å². The monoisotopic (exact) mass is 439 g/mol. The second-order valence-corrected chi connectivity index (χ2v) is 9.18. The highest BCUT2D eigenvalue weighted by Crippen LogP contribution is 2.22. The number of nitrogens with one attached hydrogen (secondary N) is 1. The maximum Gasteiger partial charge on any atom is 0.271 e. The third-order valence-electron chi connectivity index (χ3n) is 4.44. The molecule has 2 aromatic rings. The average Bonchev–Trinajstić information content (AvgIpc) is 3.23. The van der Waals surface area contributed by atoms with Crippen LogP contribution in [0.4, 0.5) is 0 Å². The molecule has 1 aliphatic rings. The molecule has 0 aliphatic carbocycles. The van der Waals surface area contributed by atoms with E-state index >= 15 is 0 Å². The van der Waals surface area contributed by atoms with Gasteiger partial charge in [-0.1, -0.05) is 29.3 Å². The summed E-state index contributed by atoms with van der Waals surface area (Å²) in [4.78, 5) is 12.5. The van der Waals surface area contributed by atoms with E-state index in [1.807, 2.05) is 0 Å². The zero-order chi connectivity index (χ0) is 20.3. The molecule has 3 rings (SSSR count). The molecule has 0 spiro atoms. The molecule has 0 bridgehead atoms. The summed E-state index contributed by atoms with van der Waals surface area (Å²) >= 11 is 12.1. The summed E-state index contributed by atoms with van der Waals surface area (Å²) in [6.45, 7) is 2.69. The van der Waals surface area contributed by atoms with Crippen molar-refractivity contribution < 1.29 is 13.2 Å². The van der Waals surface area contributed by atoms with Crippen LogP contribution in [0.3, 0.4) is 0 Å². The fraction of sp³-hybridized carbons (Fsp3) is 0.263. The minimum Gasteiger partial charge on any atom is -0.267 e. The molecule has 6 nitrogen and oxygen atoms in total. The van der Waals surface area contributed by atoms with E-state index in [9.17, 15) is 13.2 Å². The normalized spacial score (nSPS) is 15.6. The maximum atomic E-state index is 12.7. The Balaban J connectivity index is 1.79. The lowest BCUT2D eigenvalue weighted by molar-refractivity contribution is 0.0954. The van der Waals surface area contributed by atoms with Gasteiger partial charge in [-0.15, -0.1) is 0 Å². The van der Waals surface area contributed by atoms with E-state index in [4.69, 9.17) is 23.2 Å². The molecular formula is C19H19Cl2N3O3S. The number of carbonyl (C=O) groups is 1. The summed E-state index contributed by atoms with van der Waals surface area (Å²) < 4.78 is 26.8. The van der Waals surface area contributed by atoms with E-state index in [1.54, 1.807) is 31.2 Å². The average molecular weight is 440 g/mol. The van der Waals surface area contributed by atoms with E-state index in [0.29, 0.717) is 34.4 Å². The van der Waals surface area contributed by atoms with Gasteiger partial charge in [0.15, 0.2) is 0 Å². The number of benzene rings is 2. The fourth-order valence-corrected chi connectivity index (χ4v) is 4.90. The molecule has 0 atom stereocenters. The first-order valence-electron chi connectivity index (χ1n) is 8.69. The van der Waals surface area contributed by atoms with E-state index in [0.717, 1.165) is 12.8 Å². The van der Waals surface area contributed by atoms with E-state index < -0.39 is 15.9 Å². The van der Waals surface area contributed by atoms with Gasteiger partial charge in [-0.3, -0.25) is 4.79 Å². The van der Waals surface area contributed by atoms with Crippen LogP contribution >= 0.6 is 23.2 Å². The van der Waals surface area contributed by atoms with Gasteiger partial charge in [0.25, 0.3) is 5.91 Å². The molecule has 1 aliphatic heterocycles. The lowest BCUT2D eigenvalue weighted by atomic mass is 10.1. The van der Waals surface area contributed by atoms with Crippen molar-refractivity contribution in [3.8, 4) is 0 Å². The minimum atomic E-state index is -3.59. The molecular weight excluding hydrogens is 421 g/mol. The summed E-state index contributed by atoms with van der Waals surface area (Å²) in [6.07, 6.45) is 1.69. The van der Waals surface area contributed by atoms with Crippen LogP contribution in [0, 0.1) is 0 Å². The van der Waals surface area contributed by atoms with Crippen molar-refractivity contribution in [3.05, 3.63) is 63.6 Å². The Bertz CT molecular complexity index is 1030. The predicted molar refractivity (Wildman–Crippen MR) is 111 cm³/mol. The van der Waals surface area contributed by atoms with E-state index in [1.165, 1.54) is 22.5 Å².